The molecule has 3 aromatic rings. The second kappa shape index (κ2) is 7.80. The minimum absolute atomic E-state index is 0.0803. The summed E-state index contributed by atoms with van der Waals surface area (Å²) in [5, 5.41) is 2.85. The van der Waals surface area contributed by atoms with E-state index in [4.69, 9.17) is 4.74 Å². The number of methoxy groups -OCH3 is 1. The number of para-hydroxylation sites is 1. The van der Waals surface area contributed by atoms with Gasteiger partial charge in [0.1, 0.15) is 5.75 Å². The Balaban J connectivity index is 1.55. The molecule has 0 saturated carbocycles. The molecular formula is C24H22N2O3. The maximum absolute atomic E-state index is 13.2. The van der Waals surface area contributed by atoms with Crippen LogP contribution in [-0.4, -0.2) is 25.0 Å². The van der Waals surface area contributed by atoms with E-state index in [1.54, 1.807) is 55.6 Å². The fourth-order valence-electron chi connectivity index (χ4n) is 3.69. The van der Waals surface area contributed by atoms with Gasteiger partial charge in [-0.25, -0.2) is 0 Å². The highest BCUT2D eigenvalue weighted by Crippen LogP contribution is 2.33. The zero-order valence-corrected chi connectivity index (χ0v) is 16.4. The van der Waals surface area contributed by atoms with Crippen LogP contribution in [-0.2, 0) is 6.42 Å². The molecule has 4 rings (SSSR count). The SMILES string of the molecule is COc1ccc(NC(=O)c2cccc(C(=O)N3c4ccccc4CC3C)c2)cc1. The van der Waals surface area contributed by atoms with Crippen molar-refractivity contribution in [2.45, 2.75) is 19.4 Å². The van der Waals surface area contributed by atoms with E-state index < -0.39 is 0 Å². The highest BCUT2D eigenvalue weighted by molar-refractivity contribution is 6.10. The Hall–Kier alpha value is -3.60. The molecule has 1 heterocycles. The lowest BCUT2D eigenvalue weighted by Gasteiger charge is -2.23. The summed E-state index contributed by atoms with van der Waals surface area (Å²) in [6, 6.07) is 22.0. The van der Waals surface area contributed by atoms with Crippen LogP contribution in [0.3, 0.4) is 0 Å². The highest BCUT2D eigenvalue weighted by Gasteiger charge is 2.31. The number of hydrogen-bond donors (Lipinski definition) is 1. The molecule has 0 bridgehead atoms. The molecule has 1 aliphatic rings. The fourth-order valence-corrected chi connectivity index (χ4v) is 3.69. The van der Waals surface area contributed by atoms with Crippen molar-refractivity contribution in [2.24, 2.45) is 0 Å². The molecule has 1 unspecified atom stereocenters. The summed E-state index contributed by atoms with van der Waals surface area (Å²) in [4.78, 5) is 27.7. The lowest BCUT2D eigenvalue weighted by molar-refractivity contribution is 0.0981. The zero-order chi connectivity index (χ0) is 20.4. The number of ether oxygens (including phenoxy) is 1. The molecule has 0 aliphatic carbocycles. The van der Waals surface area contributed by atoms with Crippen molar-refractivity contribution in [3.8, 4) is 5.75 Å². The molecular weight excluding hydrogens is 364 g/mol. The highest BCUT2D eigenvalue weighted by atomic mass is 16.5. The molecule has 5 heteroatoms. The van der Waals surface area contributed by atoms with Gasteiger partial charge in [0, 0.05) is 28.5 Å². The van der Waals surface area contributed by atoms with E-state index in [1.807, 2.05) is 30.0 Å². The van der Waals surface area contributed by atoms with Gasteiger partial charge in [0.25, 0.3) is 11.8 Å². The van der Waals surface area contributed by atoms with Crippen LogP contribution in [0, 0.1) is 0 Å². The van der Waals surface area contributed by atoms with E-state index in [2.05, 4.69) is 11.4 Å². The summed E-state index contributed by atoms with van der Waals surface area (Å²) >= 11 is 0. The van der Waals surface area contributed by atoms with Gasteiger partial charge in [0.15, 0.2) is 0 Å². The van der Waals surface area contributed by atoms with E-state index >= 15 is 0 Å². The lowest BCUT2D eigenvalue weighted by atomic mass is 10.1. The first-order valence-corrected chi connectivity index (χ1v) is 9.54. The minimum atomic E-state index is -0.264. The molecule has 1 N–H and O–H groups in total. The molecule has 29 heavy (non-hydrogen) atoms. The number of hydrogen-bond acceptors (Lipinski definition) is 3. The van der Waals surface area contributed by atoms with Crippen LogP contribution in [0.25, 0.3) is 0 Å². The van der Waals surface area contributed by atoms with E-state index in [1.165, 1.54) is 5.56 Å². The molecule has 2 amide bonds. The number of nitrogens with zero attached hydrogens (tertiary/aromatic N) is 1. The number of anilines is 2. The predicted molar refractivity (Wildman–Crippen MR) is 114 cm³/mol. The van der Waals surface area contributed by atoms with Crippen LogP contribution in [0.2, 0.25) is 0 Å². The Kier molecular flexibility index (Phi) is 5.04. The number of carbonyl (C=O) groups is 2. The van der Waals surface area contributed by atoms with Crippen molar-refractivity contribution < 1.29 is 14.3 Å². The molecule has 0 spiro atoms. The topological polar surface area (TPSA) is 58.6 Å². The van der Waals surface area contributed by atoms with Crippen LogP contribution in [0.1, 0.15) is 33.2 Å². The van der Waals surface area contributed by atoms with Gasteiger partial charge in [-0.3, -0.25) is 9.59 Å². The van der Waals surface area contributed by atoms with Gasteiger partial charge >= 0.3 is 0 Å². The first-order valence-electron chi connectivity index (χ1n) is 9.54. The molecule has 0 aromatic heterocycles. The average molecular weight is 386 g/mol. The van der Waals surface area contributed by atoms with Crippen molar-refractivity contribution >= 4 is 23.2 Å². The molecule has 3 aromatic carbocycles. The van der Waals surface area contributed by atoms with Crippen molar-refractivity contribution in [2.75, 3.05) is 17.3 Å². The Morgan fingerprint density at radius 3 is 2.45 bits per heavy atom. The van der Waals surface area contributed by atoms with Gasteiger partial charge < -0.3 is 15.0 Å². The Bertz CT molecular complexity index is 1060. The number of carbonyl (C=O) groups excluding carboxylic acids is 2. The van der Waals surface area contributed by atoms with Crippen LogP contribution in [0.5, 0.6) is 5.75 Å². The molecule has 1 atom stereocenters. The predicted octanol–water partition coefficient (Wildman–Crippen LogP) is 4.54. The van der Waals surface area contributed by atoms with Crippen LogP contribution in [0.15, 0.2) is 72.8 Å². The van der Waals surface area contributed by atoms with Crippen molar-refractivity contribution in [3.63, 3.8) is 0 Å². The first kappa shape index (κ1) is 18.7. The summed E-state index contributed by atoms with van der Waals surface area (Å²) in [7, 11) is 1.59. The summed E-state index contributed by atoms with van der Waals surface area (Å²) in [6.07, 6.45) is 0.833. The Morgan fingerprint density at radius 1 is 0.966 bits per heavy atom. The number of fused-ring (bicyclic) bond motifs is 1. The number of rotatable bonds is 4. The number of benzene rings is 3. The molecule has 0 saturated heterocycles. The third-order valence-corrected chi connectivity index (χ3v) is 5.15. The van der Waals surface area contributed by atoms with Gasteiger partial charge in [0.05, 0.1) is 7.11 Å². The summed E-state index contributed by atoms with van der Waals surface area (Å²) in [5.41, 5.74) is 3.71. The van der Waals surface area contributed by atoms with Crippen LogP contribution < -0.4 is 15.0 Å². The zero-order valence-electron chi connectivity index (χ0n) is 16.4. The molecule has 146 valence electrons. The molecule has 1 aliphatic heterocycles. The third kappa shape index (κ3) is 3.72. The molecule has 0 radical (unpaired) electrons. The largest absolute Gasteiger partial charge is 0.497 e. The first-order chi connectivity index (χ1) is 14.1. The standard InChI is InChI=1S/C24H22N2O3/c1-16-14-17-6-3-4-9-22(17)26(16)24(28)19-8-5-7-18(15-19)23(27)25-20-10-12-21(29-2)13-11-20/h3-13,15-16H,14H2,1-2H3,(H,25,27). The van der Waals surface area contributed by atoms with Gasteiger partial charge in [-0.1, -0.05) is 24.3 Å². The van der Waals surface area contributed by atoms with Crippen LogP contribution >= 0.6 is 0 Å². The third-order valence-electron chi connectivity index (χ3n) is 5.15. The second-order valence-electron chi connectivity index (χ2n) is 7.12. The summed E-state index contributed by atoms with van der Waals surface area (Å²) in [6.45, 7) is 2.04. The quantitative estimate of drug-likeness (QED) is 0.716. The van der Waals surface area contributed by atoms with Gasteiger partial charge in [-0.05, 0) is 67.4 Å². The lowest BCUT2D eigenvalue weighted by Crippen LogP contribution is -2.35. The van der Waals surface area contributed by atoms with Gasteiger partial charge in [0.2, 0.25) is 0 Å². The van der Waals surface area contributed by atoms with E-state index in [0.29, 0.717) is 16.8 Å². The molecule has 0 fully saturated rings. The fraction of sp³-hybridized carbons (Fsp3) is 0.167. The number of amides is 2. The van der Waals surface area contributed by atoms with Gasteiger partial charge in [-0.15, -0.1) is 0 Å². The maximum atomic E-state index is 13.2. The van der Waals surface area contributed by atoms with Crippen molar-refractivity contribution in [3.05, 3.63) is 89.5 Å². The van der Waals surface area contributed by atoms with Crippen molar-refractivity contribution in [1.82, 2.24) is 0 Å². The minimum Gasteiger partial charge on any atom is -0.497 e. The normalized spacial score (nSPS) is 15.0. The average Bonchev–Trinajstić information content (AvgIpc) is 3.09. The van der Waals surface area contributed by atoms with E-state index in [0.717, 1.165) is 17.9 Å². The monoisotopic (exact) mass is 386 g/mol. The molecule has 5 nitrogen and oxygen atoms in total. The summed E-state index contributed by atoms with van der Waals surface area (Å²) in [5.74, 6) is 0.358. The second-order valence-corrected chi connectivity index (χ2v) is 7.12. The van der Waals surface area contributed by atoms with Crippen LogP contribution in [0.4, 0.5) is 11.4 Å². The van der Waals surface area contributed by atoms with Crippen molar-refractivity contribution in [1.29, 1.82) is 0 Å². The Labute approximate surface area is 169 Å². The summed E-state index contributed by atoms with van der Waals surface area (Å²) < 4.78 is 5.13. The van der Waals surface area contributed by atoms with E-state index in [9.17, 15) is 9.59 Å². The van der Waals surface area contributed by atoms with E-state index in [-0.39, 0.29) is 17.9 Å². The Morgan fingerprint density at radius 2 is 1.69 bits per heavy atom. The smallest absolute Gasteiger partial charge is 0.258 e. The van der Waals surface area contributed by atoms with Gasteiger partial charge in [-0.2, -0.15) is 0 Å². The maximum Gasteiger partial charge on any atom is 0.258 e. The number of nitrogens with one attached hydrogen (secondary N) is 1.